The van der Waals surface area contributed by atoms with Gasteiger partial charge in [0.25, 0.3) is 0 Å². The molecule has 0 unspecified atom stereocenters. The van der Waals surface area contributed by atoms with Gasteiger partial charge in [-0.1, -0.05) is 41.5 Å². The molecule has 0 heterocycles. The topological polar surface area (TPSA) is 0 Å². The largest absolute Gasteiger partial charge is 0.328 e. The van der Waals surface area contributed by atoms with Gasteiger partial charge < -0.3 is 4.48 Å². The van der Waals surface area contributed by atoms with Crippen LogP contribution in [0.1, 0.15) is 54.4 Å². The van der Waals surface area contributed by atoms with Gasteiger partial charge in [0.05, 0.1) is 27.2 Å². The maximum atomic E-state index is 2.36. The minimum absolute atomic E-state index is 0.469. The Kier molecular flexibility index (Phi) is 4.85. The second-order valence-corrected chi connectivity index (χ2v) is 8.00. The van der Waals surface area contributed by atoms with Gasteiger partial charge in [-0.25, -0.2) is 0 Å². The third-order valence-corrected chi connectivity index (χ3v) is 2.93. The highest BCUT2D eigenvalue weighted by atomic mass is 15.3. The molecule has 0 bridgehead atoms. The van der Waals surface area contributed by atoms with E-state index in [1.165, 1.54) is 25.9 Å². The van der Waals surface area contributed by atoms with Crippen molar-refractivity contribution in [3.05, 3.63) is 0 Å². The van der Waals surface area contributed by atoms with Crippen LogP contribution >= 0.6 is 0 Å². The lowest BCUT2D eigenvalue weighted by molar-refractivity contribution is -0.892. The van der Waals surface area contributed by atoms with Crippen molar-refractivity contribution in [2.75, 3.05) is 27.2 Å². The van der Waals surface area contributed by atoms with Gasteiger partial charge in [-0.05, 0) is 10.8 Å². The van der Waals surface area contributed by atoms with Gasteiger partial charge in [0, 0.05) is 12.8 Å². The zero-order chi connectivity index (χ0) is 12.3. The molecule has 0 aliphatic rings. The zero-order valence-corrected chi connectivity index (χ0v) is 12.3. The highest BCUT2D eigenvalue weighted by Crippen LogP contribution is 2.23. The van der Waals surface area contributed by atoms with Crippen molar-refractivity contribution in [3.8, 4) is 0 Å². The normalized spacial score (nSPS) is 14.4. The summed E-state index contributed by atoms with van der Waals surface area (Å²) in [5.74, 6) is 0. The summed E-state index contributed by atoms with van der Waals surface area (Å²) in [5.41, 5.74) is 0.939. The Bertz CT molecular complexity index is 158. The molecule has 0 fully saturated rings. The average Bonchev–Trinajstić information content (AvgIpc) is 1.96. The van der Waals surface area contributed by atoms with E-state index in [9.17, 15) is 0 Å². The molecule has 15 heavy (non-hydrogen) atoms. The van der Waals surface area contributed by atoms with Crippen LogP contribution in [0.15, 0.2) is 0 Å². The van der Waals surface area contributed by atoms with E-state index in [0.29, 0.717) is 10.8 Å². The maximum Gasteiger partial charge on any atom is 0.0787 e. The van der Waals surface area contributed by atoms with E-state index in [1.807, 2.05) is 0 Å². The standard InChI is InChI=1S/C14H32N/c1-13(2,3)9-11-15(7,8)12-10-14(4,5)6/h9-12H2,1-8H3/q+1. The first-order valence-electron chi connectivity index (χ1n) is 6.23. The molecule has 0 aromatic rings. The molecule has 0 spiro atoms. The third kappa shape index (κ3) is 10.2. The second kappa shape index (κ2) is 4.86. The van der Waals surface area contributed by atoms with E-state index < -0.39 is 0 Å². The van der Waals surface area contributed by atoms with Gasteiger partial charge in [-0.2, -0.15) is 0 Å². The van der Waals surface area contributed by atoms with Crippen molar-refractivity contribution in [3.63, 3.8) is 0 Å². The zero-order valence-electron chi connectivity index (χ0n) is 12.3. The molecule has 0 rings (SSSR count). The van der Waals surface area contributed by atoms with Gasteiger partial charge in [-0.15, -0.1) is 0 Å². The molecule has 0 saturated heterocycles. The quantitative estimate of drug-likeness (QED) is 0.622. The van der Waals surface area contributed by atoms with Crippen molar-refractivity contribution in [2.24, 2.45) is 10.8 Å². The van der Waals surface area contributed by atoms with E-state index in [-0.39, 0.29) is 0 Å². The predicted octanol–water partition coefficient (Wildman–Crippen LogP) is 3.94. The molecule has 0 aromatic carbocycles. The van der Waals surface area contributed by atoms with Crippen molar-refractivity contribution in [2.45, 2.75) is 54.4 Å². The number of hydrogen-bond acceptors (Lipinski definition) is 0. The van der Waals surface area contributed by atoms with Gasteiger partial charge in [0.15, 0.2) is 0 Å². The van der Waals surface area contributed by atoms with E-state index >= 15 is 0 Å². The number of nitrogens with zero attached hydrogens (tertiary/aromatic N) is 1. The Hall–Kier alpha value is -0.0400. The molecule has 0 aliphatic carbocycles. The van der Waals surface area contributed by atoms with Crippen LogP contribution in [0, 0.1) is 10.8 Å². The van der Waals surface area contributed by atoms with E-state index in [4.69, 9.17) is 0 Å². The van der Waals surface area contributed by atoms with Crippen molar-refractivity contribution < 1.29 is 4.48 Å². The summed E-state index contributed by atoms with van der Waals surface area (Å²) in [6, 6.07) is 0. The number of quaternary nitrogens is 1. The first-order chi connectivity index (χ1) is 6.41. The van der Waals surface area contributed by atoms with Crippen LogP contribution in [0.25, 0.3) is 0 Å². The molecule has 1 nitrogen and oxygen atoms in total. The van der Waals surface area contributed by atoms with E-state index in [2.05, 4.69) is 55.6 Å². The molecule has 0 radical (unpaired) electrons. The van der Waals surface area contributed by atoms with Gasteiger partial charge >= 0.3 is 0 Å². The second-order valence-electron chi connectivity index (χ2n) is 8.00. The lowest BCUT2D eigenvalue weighted by Gasteiger charge is -2.34. The molecule has 0 N–H and O–H groups in total. The van der Waals surface area contributed by atoms with Crippen LogP contribution in [0.5, 0.6) is 0 Å². The monoisotopic (exact) mass is 214 g/mol. The SMILES string of the molecule is CC(C)(C)CC[N+](C)(C)CCC(C)(C)C. The number of rotatable bonds is 4. The van der Waals surface area contributed by atoms with Crippen LogP contribution < -0.4 is 0 Å². The third-order valence-electron chi connectivity index (χ3n) is 2.93. The molecule has 0 amide bonds. The smallest absolute Gasteiger partial charge is 0.0787 e. The van der Waals surface area contributed by atoms with Gasteiger partial charge in [-0.3, -0.25) is 0 Å². The van der Waals surface area contributed by atoms with Crippen molar-refractivity contribution >= 4 is 0 Å². The first-order valence-corrected chi connectivity index (χ1v) is 6.23. The minimum atomic E-state index is 0.469. The molecule has 0 aliphatic heterocycles. The highest BCUT2D eigenvalue weighted by Gasteiger charge is 2.22. The Balaban J connectivity index is 3.98. The van der Waals surface area contributed by atoms with Crippen LogP contribution in [0.2, 0.25) is 0 Å². The minimum Gasteiger partial charge on any atom is -0.328 e. The summed E-state index contributed by atoms with van der Waals surface area (Å²) in [7, 11) is 4.72. The average molecular weight is 214 g/mol. The Morgan fingerprint density at radius 3 is 1.13 bits per heavy atom. The lowest BCUT2D eigenvalue weighted by Crippen LogP contribution is -2.43. The van der Waals surface area contributed by atoms with Crippen LogP contribution in [-0.2, 0) is 0 Å². The fourth-order valence-corrected chi connectivity index (χ4v) is 1.39. The van der Waals surface area contributed by atoms with Gasteiger partial charge in [0.2, 0.25) is 0 Å². The van der Waals surface area contributed by atoms with Crippen molar-refractivity contribution in [1.82, 2.24) is 0 Å². The predicted molar refractivity (Wildman–Crippen MR) is 70.0 cm³/mol. The molecular weight excluding hydrogens is 182 g/mol. The molecule has 92 valence electrons. The molecule has 0 aromatic heterocycles. The summed E-state index contributed by atoms with van der Waals surface area (Å²) in [6.45, 7) is 16.6. The van der Waals surface area contributed by atoms with E-state index in [0.717, 1.165) is 4.48 Å². The molecule has 0 saturated carbocycles. The summed E-state index contributed by atoms with van der Waals surface area (Å²) in [4.78, 5) is 0. The highest BCUT2D eigenvalue weighted by molar-refractivity contribution is 4.62. The summed E-state index contributed by atoms with van der Waals surface area (Å²) < 4.78 is 1.16. The summed E-state index contributed by atoms with van der Waals surface area (Å²) in [6.07, 6.45) is 2.62. The summed E-state index contributed by atoms with van der Waals surface area (Å²) >= 11 is 0. The Labute approximate surface area is 97.5 Å². The first kappa shape index (κ1) is 15.0. The summed E-state index contributed by atoms with van der Waals surface area (Å²) in [5, 5.41) is 0. The lowest BCUT2D eigenvalue weighted by atomic mass is 9.90. The molecule has 0 atom stereocenters. The van der Waals surface area contributed by atoms with Crippen LogP contribution in [0.3, 0.4) is 0 Å². The van der Waals surface area contributed by atoms with Crippen LogP contribution in [-0.4, -0.2) is 31.7 Å². The van der Waals surface area contributed by atoms with Gasteiger partial charge in [0.1, 0.15) is 0 Å². The fraction of sp³-hybridized carbons (Fsp3) is 1.00. The van der Waals surface area contributed by atoms with E-state index in [1.54, 1.807) is 0 Å². The maximum absolute atomic E-state index is 2.36. The fourth-order valence-electron chi connectivity index (χ4n) is 1.39. The molecule has 1 heteroatoms. The molecular formula is C14H32N+. The Morgan fingerprint density at radius 1 is 0.667 bits per heavy atom. The number of hydrogen-bond donors (Lipinski definition) is 0. The Morgan fingerprint density at radius 2 is 0.933 bits per heavy atom. The van der Waals surface area contributed by atoms with Crippen LogP contribution in [0.4, 0.5) is 0 Å². The van der Waals surface area contributed by atoms with Crippen molar-refractivity contribution in [1.29, 1.82) is 0 Å².